The Morgan fingerprint density at radius 1 is 0.900 bits per heavy atom. The number of hydrogen-bond acceptors (Lipinski definition) is 4. The van der Waals surface area contributed by atoms with Gasteiger partial charge in [0.15, 0.2) is 0 Å². The van der Waals surface area contributed by atoms with Crippen molar-refractivity contribution in [3.05, 3.63) is 60.7 Å². The zero-order valence-corrected chi connectivity index (χ0v) is 12.3. The first-order valence-electron chi connectivity index (χ1n) is 5.89. The molecule has 0 saturated carbocycles. The predicted molar refractivity (Wildman–Crippen MR) is 83.2 cm³/mol. The summed E-state index contributed by atoms with van der Waals surface area (Å²) in [6.07, 6.45) is 5.21. The molecule has 2 rings (SSSR count). The lowest BCUT2D eigenvalue weighted by Crippen LogP contribution is -2.05. The molecule has 20 heavy (non-hydrogen) atoms. The van der Waals surface area contributed by atoms with Crippen LogP contribution in [0, 0.1) is 12.3 Å². The van der Waals surface area contributed by atoms with E-state index in [-0.39, 0.29) is 6.61 Å². The van der Waals surface area contributed by atoms with E-state index in [1.54, 1.807) is 24.3 Å². The molecule has 0 spiro atoms. The van der Waals surface area contributed by atoms with E-state index in [1.807, 2.05) is 36.4 Å². The van der Waals surface area contributed by atoms with Crippen LogP contribution in [-0.4, -0.2) is 6.61 Å². The van der Waals surface area contributed by atoms with Crippen LogP contribution in [0.4, 0.5) is 0 Å². The van der Waals surface area contributed by atoms with Gasteiger partial charge >= 0.3 is 6.72 Å². The van der Waals surface area contributed by atoms with Crippen LogP contribution < -0.4 is 9.05 Å². The molecule has 0 unspecified atom stereocenters. The molecule has 2 aromatic rings. The van der Waals surface area contributed by atoms with E-state index < -0.39 is 6.72 Å². The second kappa shape index (κ2) is 7.12. The number of para-hydroxylation sites is 2. The first kappa shape index (κ1) is 14.6. The van der Waals surface area contributed by atoms with Crippen molar-refractivity contribution in [2.45, 2.75) is 0 Å². The Morgan fingerprint density at radius 3 is 1.75 bits per heavy atom. The summed E-state index contributed by atoms with van der Waals surface area (Å²) in [6.45, 7) is -2.95. The molecule has 0 amide bonds. The summed E-state index contributed by atoms with van der Waals surface area (Å²) in [7, 11) is 0. The zero-order chi connectivity index (χ0) is 14.3. The monoisotopic (exact) mass is 304 g/mol. The Kier molecular flexibility index (Phi) is 5.20. The van der Waals surface area contributed by atoms with Crippen LogP contribution in [0.3, 0.4) is 0 Å². The molecule has 0 aliphatic heterocycles. The summed E-state index contributed by atoms with van der Waals surface area (Å²) < 4.78 is 16.8. The molecule has 0 saturated heterocycles. The van der Waals surface area contributed by atoms with Crippen LogP contribution in [0.2, 0.25) is 0 Å². The van der Waals surface area contributed by atoms with Gasteiger partial charge in [-0.1, -0.05) is 42.3 Å². The number of hydrogen-bond donors (Lipinski definition) is 0. The van der Waals surface area contributed by atoms with Gasteiger partial charge in [0, 0.05) is 11.8 Å². The van der Waals surface area contributed by atoms with Gasteiger partial charge in [-0.3, -0.25) is 4.52 Å². The highest BCUT2D eigenvalue weighted by Crippen LogP contribution is 2.49. The summed E-state index contributed by atoms with van der Waals surface area (Å²) in [6, 6.07) is 18.3. The van der Waals surface area contributed by atoms with Crippen LogP contribution in [0.15, 0.2) is 60.7 Å². The summed E-state index contributed by atoms with van der Waals surface area (Å²) in [5, 5.41) is 0. The third-order valence-corrected chi connectivity index (χ3v) is 4.30. The van der Waals surface area contributed by atoms with Crippen molar-refractivity contribution >= 4 is 18.5 Å². The molecule has 3 nitrogen and oxygen atoms in total. The predicted octanol–water partition coefficient (Wildman–Crippen LogP) is 4.02. The minimum Gasteiger partial charge on any atom is -0.416 e. The zero-order valence-electron chi connectivity index (χ0n) is 10.6. The molecule has 102 valence electrons. The molecule has 0 fully saturated rings. The summed E-state index contributed by atoms with van der Waals surface area (Å²) >= 11 is 5.38. The molecule has 0 bridgehead atoms. The fourth-order valence-electron chi connectivity index (χ4n) is 1.41. The highest BCUT2D eigenvalue weighted by atomic mass is 32.5. The summed E-state index contributed by atoms with van der Waals surface area (Å²) in [5.74, 6) is 3.55. The molecule has 0 heterocycles. The van der Waals surface area contributed by atoms with Gasteiger partial charge in [0.05, 0.1) is 0 Å². The molecular weight excluding hydrogens is 291 g/mol. The molecule has 0 atom stereocenters. The van der Waals surface area contributed by atoms with Gasteiger partial charge in [-0.25, -0.2) is 0 Å². The minimum atomic E-state index is -2.99. The van der Waals surface area contributed by atoms with Crippen LogP contribution in [0.1, 0.15) is 0 Å². The standard InChI is InChI=1S/C15H13O3PS/c1-2-13-16-19(20,17-14-9-5-3-6-10-14)18-15-11-7-4-8-12-15/h1,3-12H,13H2. The van der Waals surface area contributed by atoms with Gasteiger partial charge in [-0.15, -0.1) is 6.42 Å². The van der Waals surface area contributed by atoms with Crippen LogP contribution in [0.25, 0.3) is 0 Å². The second-order valence-corrected chi connectivity index (χ2v) is 6.59. The third-order valence-electron chi connectivity index (χ3n) is 2.23. The van der Waals surface area contributed by atoms with E-state index >= 15 is 0 Å². The highest BCUT2D eigenvalue weighted by Gasteiger charge is 2.24. The van der Waals surface area contributed by atoms with E-state index in [0.29, 0.717) is 11.5 Å². The Bertz CT molecular complexity index is 577. The first-order valence-corrected chi connectivity index (χ1v) is 8.45. The Hall–Kier alpha value is -1.79. The third kappa shape index (κ3) is 4.40. The maximum atomic E-state index is 5.69. The average molecular weight is 304 g/mol. The number of rotatable bonds is 6. The maximum Gasteiger partial charge on any atom is 0.435 e. The quantitative estimate of drug-likeness (QED) is 0.595. The van der Waals surface area contributed by atoms with Crippen LogP contribution in [0.5, 0.6) is 11.5 Å². The van der Waals surface area contributed by atoms with E-state index in [1.165, 1.54) is 0 Å². The smallest absolute Gasteiger partial charge is 0.416 e. The maximum absolute atomic E-state index is 5.69. The Labute approximate surface area is 123 Å². The van der Waals surface area contributed by atoms with E-state index in [4.69, 9.17) is 31.8 Å². The van der Waals surface area contributed by atoms with E-state index in [9.17, 15) is 0 Å². The van der Waals surface area contributed by atoms with E-state index in [0.717, 1.165) is 0 Å². The molecule has 2 aromatic carbocycles. The topological polar surface area (TPSA) is 27.7 Å². The van der Waals surface area contributed by atoms with Crippen molar-refractivity contribution in [2.24, 2.45) is 0 Å². The molecule has 0 N–H and O–H groups in total. The number of terminal acetylenes is 1. The normalized spacial score (nSPS) is 10.6. The summed E-state index contributed by atoms with van der Waals surface area (Å²) in [4.78, 5) is 0. The molecule has 0 radical (unpaired) electrons. The molecule has 0 aliphatic carbocycles. The van der Waals surface area contributed by atoms with Gasteiger partial charge in [0.25, 0.3) is 0 Å². The van der Waals surface area contributed by atoms with Gasteiger partial charge in [0.2, 0.25) is 0 Å². The Balaban J connectivity index is 2.17. The van der Waals surface area contributed by atoms with Crippen molar-refractivity contribution < 1.29 is 13.6 Å². The van der Waals surface area contributed by atoms with Crippen LogP contribution >= 0.6 is 6.72 Å². The lowest BCUT2D eigenvalue weighted by molar-refractivity contribution is 0.294. The molecule has 0 aromatic heterocycles. The van der Waals surface area contributed by atoms with Crippen LogP contribution in [-0.2, 0) is 16.3 Å². The first-order chi connectivity index (χ1) is 9.72. The van der Waals surface area contributed by atoms with Gasteiger partial charge < -0.3 is 9.05 Å². The van der Waals surface area contributed by atoms with Crippen molar-refractivity contribution in [1.82, 2.24) is 0 Å². The lowest BCUT2D eigenvalue weighted by atomic mass is 10.3. The molecule has 5 heteroatoms. The van der Waals surface area contributed by atoms with Crippen molar-refractivity contribution in [3.63, 3.8) is 0 Å². The SMILES string of the molecule is C#CCOP(=S)(Oc1ccccc1)Oc1ccccc1. The summed E-state index contributed by atoms with van der Waals surface area (Å²) in [5.41, 5.74) is 0. The van der Waals surface area contributed by atoms with Crippen molar-refractivity contribution in [1.29, 1.82) is 0 Å². The largest absolute Gasteiger partial charge is 0.435 e. The van der Waals surface area contributed by atoms with E-state index in [2.05, 4.69) is 5.92 Å². The average Bonchev–Trinajstić information content (AvgIpc) is 2.47. The fourth-order valence-corrected chi connectivity index (χ4v) is 3.22. The number of benzene rings is 2. The second-order valence-electron chi connectivity index (χ2n) is 3.73. The van der Waals surface area contributed by atoms with Gasteiger partial charge in [0.1, 0.15) is 18.1 Å². The fraction of sp³-hybridized carbons (Fsp3) is 0.0667. The van der Waals surface area contributed by atoms with Crippen molar-refractivity contribution in [3.8, 4) is 23.8 Å². The Morgan fingerprint density at radius 2 is 1.35 bits per heavy atom. The molecule has 0 aliphatic rings. The highest BCUT2D eigenvalue weighted by molar-refractivity contribution is 8.07. The minimum absolute atomic E-state index is 0.0386. The van der Waals surface area contributed by atoms with Crippen molar-refractivity contribution in [2.75, 3.05) is 6.61 Å². The lowest BCUT2D eigenvalue weighted by Gasteiger charge is -2.21. The van der Waals surface area contributed by atoms with Gasteiger partial charge in [-0.05, 0) is 24.3 Å². The molecular formula is C15H13O3PS. The van der Waals surface area contributed by atoms with Gasteiger partial charge in [-0.2, -0.15) is 0 Å².